The number of imidazole rings is 1. The first-order valence-electron chi connectivity index (χ1n) is 11.4. The van der Waals surface area contributed by atoms with Crippen molar-refractivity contribution in [1.82, 2.24) is 35.0 Å². The van der Waals surface area contributed by atoms with Crippen LogP contribution in [-0.4, -0.2) is 49.6 Å². The summed E-state index contributed by atoms with van der Waals surface area (Å²) in [5, 5.41) is 11.5. The van der Waals surface area contributed by atoms with E-state index in [1.165, 1.54) is 6.33 Å². The lowest BCUT2D eigenvalue weighted by Gasteiger charge is -2.12. The first kappa shape index (κ1) is 22.5. The summed E-state index contributed by atoms with van der Waals surface area (Å²) in [6, 6.07) is 5.88. The third-order valence-corrected chi connectivity index (χ3v) is 6.58. The minimum atomic E-state index is 0.210. The van der Waals surface area contributed by atoms with Gasteiger partial charge in [0.15, 0.2) is 33.6 Å². The predicted octanol–water partition coefficient (Wildman–Crippen LogP) is 3.70. The number of nitrogens with zero attached hydrogens (tertiary/aromatic N) is 5. The topological polar surface area (TPSA) is 129 Å². The number of nitrogens with two attached hydrogens (primary N) is 1. The van der Waals surface area contributed by atoms with E-state index in [0.717, 1.165) is 59.4 Å². The fourth-order valence-electron chi connectivity index (χ4n) is 3.85. The van der Waals surface area contributed by atoms with Gasteiger partial charge in [-0.2, -0.15) is 5.10 Å². The molecule has 4 N–H and O–H groups in total. The highest BCUT2D eigenvalue weighted by Gasteiger charge is 2.22. The normalized spacial score (nSPS) is 12.8. The molecule has 178 valence electrons. The van der Waals surface area contributed by atoms with Crippen molar-refractivity contribution >= 4 is 28.7 Å². The van der Waals surface area contributed by atoms with Gasteiger partial charge in [-0.25, -0.2) is 15.0 Å². The van der Waals surface area contributed by atoms with Gasteiger partial charge < -0.3 is 25.1 Å². The van der Waals surface area contributed by atoms with Gasteiger partial charge >= 0.3 is 0 Å². The van der Waals surface area contributed by atoms with Crippen LogP contribution in [0.15, 0.2) is 40.8 Å². The Bertz CT molecular complexity index is 1270. The summed E-state index contributed by atoms with van der Waals surface area (Å²) in [6.45, 7) is 7.43. The number of nitrogen functional groups attached to an aromatic ring is 1. The van der Waals surface area contributed by atoms with Gasteiger partial charge in [-0.15, -0.1) is 0 Å². The zero-order chi connectivity index (χ0) is 23.5. The van der Waals surface area contributed by atoms with Crippen molar-refractivity contribution in [2.24, 2.45) is 5.92 Å². The number of aromatic amines is 1. The summed E-state index contributed by atoms with van der Waals surface area (Å²) in [4.78, 5) is 14.4. The van der Waals surface area contributed by atoms with E-state index >= 15 is 0 Å². The summed E-state index contributed by atoms with van der Waals surface area (Å²) in [7, 11) is 0. The van der Waals surface area contributed by atoms with Gasteiger partial charge in [-0.3, -0.25) is 5.10 Å². The number of aryl methyl sites for hydroxylation is 1. The zero-order valence-corrected chi connectivity index (χ0v) is 20.1. The molecule has 0 aliphatic carbocycles. The third kappa shape index (κ3) is 4.66. The molecule has 4 aromatic rings. The number of benzene rings is 1. The molecular formula is C23H28N8O2S. The van der Waals surface area contributed by atoms with Crippen LogP contribution in [0, 0.1) is 5.92 Å². The minimum Gasteiger partial charge on any atom is -0.454 e. The molecule has 10 nitrogen and oxygen atoms in total. The van der Waals surface area contributed by atoms with Crippen molar-refractivity contribution in [2.45, 2.75) is 43.3 Å². The van der Waals surface area contributed by atoms with Crippen LogP contribution in [0.25, 0.3) is 22.4 Å². The second-order valence-corrected chi connectivity index (χ2v) is 9.57. The monoisotopic (exact) mass is 480 g/mol. The Balaban J connectivity index is 1.45. The smallest absolute Gasteiger partial charge is 0.231 e. The summed E-state index contributed by atoms with van der Waals surface area (Å²) in [6.07, 6.45) is 5.27. The molecule has 0 atom stereocenters. The molecular weight excluding hydrogens is 452 g/mol. The van der Waals surface area contributed by atoms with Gasteiger partial charge in [0.25, 0.3) is 0 Å². The highest BCUT2D eigenvalue weighted by atomic mass is 32.2. The van der Waals surface area contributed by atoms with Crippen LogP contribution in [0.1, 0.15) is 26.7 Å². The molecule has 0 radical (unpaired) electrons. The first-order valence-corrected chi connectivity index (χ1v) is 12.2. The molecule has 0 fully saturated rings. The van der Waals surface area contributed by atoms with Crippen molar-refractivity contribution in [3.05, 3.63) is 30.7 Å². The summed E-state index contributed by atoms with van der Waals surface area (Å²) in [5.41, 5.74) is 9.35. The lowest BCUT2D eigenvalue weighted by Crippen LogP contribution is -2.21. The highest BCUT2D eigenvalue weighted by molar-refractivity contribution is 7.99. The van der Waals surface area contributed by atoms with Gasteiger partial charge in [0, 0.05) is 23.2 Å². The number of unbranched alkanes of at least 4 members (excludes halogenated alkanes) is 1. The Morgan fingerprint density at radius 1 is 1.21 bits per heavy atom. The molecule has 0 unspecified atom stereocenters. The zero-order valence-electron chi connectivity index (χ0n) is 19.2. The minimum absolute atomic E-state index is 0.210. The van der Waals surface area contributed by atoms with E-state index in [9.17, 15) is 0 Å². The fourth-order valence-corrected chi connectivity index (χ4v) is 4.91. The quantitative estimate of drug-likeness (QED) is 0.291. The van der Waals surface area contributed by atoms with Crippen molar-refractivity contribution in [1.29, 1.82) is 0 Å². The van der Waals surface area contributed by atoms with E-state index in [1.54, 1.807) is 18.0 Å². The average Bonchev–Trinajstić information content (AvgIpc) is 3.56. The number of ether oxygens (including phenoxy) is 2. The van der Waals surface area contributed by atoms with Gasteiger partial charge in [-0.1, -0.05) is 25.6 Å². The molecule has 1 aliphatic rings. The maximum atomic E-state index is 6.14. The Morgan fingerprint density at radius 2 is 2.06 bits per heavy atom. The molecule has 0 saturated heterocycles. The summed E-state index contributed by atoms with van der Waals surface area (Å²) < 4.78 is 13.4. The predicted molar refractivity (Wildman–Crippen MR) is 131 cm³/mol. The number of hydrogen-bond donors (Lipinski definition) is 3. The summed E-state index contributed by atoms with van der Waals surface area (Å²) >= 11 is 1.54. The van der Waals surface area contributed by atoms with Crippen LogP contribution in [0.2, 0.25) is 0 Å². The van der Waals surface area contributed by atoms with Gasteiger partial charge in [-0.05, 0) is 50.0 Å². The molecule has 0 saturated carbocycles. The second-order valence-electron chi connectivity index (χ2n) is 8.56. The molecule has 11 heteroatoms. The van der Waals surface area contributed by atoms with Crippen LogP contribution in [0.3, 0.4) is 0 Å². The Morgan fingerprint density at radius 3 is 2.85 bits per heavy atom. The maximum Gasteiger partial charge on any atom is 0.231 e. The van der Waals surface area contributed by atoms with Gasteiger partial charge in [0.1, 0.15) is 6.33 Å². The Kier molecular flexibility index (Phi) is 6.54. The van der Waals surface area contributed by atoms with Crippen molar-refractivity contribution in [3.63, 3.8) is 0 Å². The molecule has 34 heavy (non-hydrogen) atoms. The molecule has 1 aliphatic heterocycles. The Labute approximate surface area is 201 Å². The van der Waals surface area contributed by atoms with E-state index in [-0.39, 0.29) is 6.79 Å². The van der Waals surface area contributed by atoms with E-state index in [0.29, 0.717) is 28.8 Å². The van der Waals surface area contributed by atoms with Gasteiger partial charge in [0.05, 0.1) is 5.69 Å². The number of hydrogen-bond acceptors (Lipinski definition) is 9. The molecule has 5 rings (SSSR count). The average molecular weight is 481 g/mol. The molecule has 0 spiro atoms. The van der Waals surface area contributed by atoms with Crippen LogP contribution in [0.4, 0.5) is 5.82 Å². The lowest BCUT2D eigenvalue weighted by molar-refractivity contribution is 0.174. The first-order chi connectivity index (χ1) is 16.6. The fraction of sp³-hybridized carbons (Fsp3) is 0.391. The van der Waals surface area contributed by atoms with E-state index in [1.807, 2.05) is 18.2 Å². The summed E-state index contributed by atoms with van der Waals surface area (Å²) in [5.74, 6) is 2.45. The van der Waals surface area contributed by atoms with Gasteiger partial charge in [0.2, 0.25) is 6.79 Å². The number of aromatic nitrogens is 6. The number of anilines is 1. The van der Waals surface area contributed by atoms with Crippen LogP contribution in [-0.2, 0) is 6.54 Å². The third-order valence-electron chi connectivity index (χ3n) is 5.53. The molecule has 3 aromatic heterocycles. The van der Waals surface area contributed by atoms with Crippen LogP contribution in [0.5, 0.6) is 11.5 Å². The van der Waals surface area contributed by atoms with Crippen molar-refractivity contribution in [3.8, 4) is 22.8 Å². The molecule has 1 aromatic carbocycles. The standard InChI is InChI=1S/C23H28N8O2S/c1-14(2)11-25-6-3-4-8-31-22-20(21(24)26-12-27-22)29-23(31)34-19-10-18-17(32-13-33-18)9-15(19)16-5-7-28-30-16/h5,7,9-10,12,14,25H,3-4,6,8,11,13H2,1-2H3,(H,28,30)(H2,24,26,27). The maximum absolute atomic E-state index is 6.14. The van der Waals surface area contributed by atoms with E-state index < -0.39 is 0 Å². The van der Waals surface area contributed by atoms with Crippen molar-refractivity contribution in [2.75, 3.05) is 25.6 Å². The number of H-pyrrole nitrogens is 1. The Hall–Kier alpha value is -3.31. The van der Waals surface area contributed by atoms with E-state index in [2.05, 4.69) is 43.9 Å². The highest BCUT2D eigenvalue weighted by Crippen LogP contribution is 2.44. The molecule has 4 heterocycles. The number of nitrogens with one attached hydrogen (secondary N) is 2. The SMILES string of the molecule is CC(C)CNCCCCn1c(Sc2cc3c(cc2-c2ccn[nH]2)OCO3)nc2c(N)ncnc21. The van der Waals surface area contributed by atoms with E-state index in [4.69, 9.17) is 20.2 Å². The number of rotatable bonds is 10. The number of fused-ring (bicyclic) bond motifs is 2. The molecule has 0 amide bonds. The lowest BCUT2D eigenvalue weighted by atomic mass is 10.1. The van der Waals surface area contributed by atoms with Crippen LogP contribution >= 0.6 is 11.8 Å². The molecule has 0 bridgehead atoms. The largest absolute Gasteiger partial charge is 0.454 e. The second kappa shape index (κ2) is 9.90. The van der Waals surface area contributed by atoms with Crippen LogP contribution < -0.4 is 20.5 Å². The van der Waals surface area contributed by atoms with Crippen molar-refractivity contribution < 1.29 is 9.47 Å².